The van der Waals surface area contributed by atoms with E-state index in [1.165, 1.54) is 31.9 Å². The molecule has 1 aliphatic rings. The summed E-state index contributed by atoms with van der Waals surface area (Å²) in [7, 11) is -3.18. The predicted octanol–water partition coefficient (Wildman–Crippen LogP) is 2.99. The van der Waals surface area contributed by atoms with Gasteiger partial charge in [-0.25, -0.2) is 13.4 Å². The fourth-order valence-corrected chi connectivity index (χ4v) is 3.79. The second kappa shape index (κ2) is 9.44. The van der Waals surface area contributed by atoms with Crippen LogP contribution in [-0.2, 0) is 9.84 Å². The smallest absolute Gasteiger partial charge is 0.191 e. The van der Waals surface area contributed by atoms with Gasteiger partial charge in [-0.3, -0.25) is 0 Å². The Morgan fingerprint density at radius 1 is 1.22 bits per heavy atom. The first kappa shape index (κ1) is 21.5. The molecule has 0 amide bonds. The van der Waals surface area contributed by atoms with Gasteiger partial charge in [0.05, 0.1) is 11.4 Å². The third-order valence-corrected chi connectivity index (χ3v) is 6.03. The molecule has 2 rings (SSSR count). The minimum absolute atomic E-state index is 0.294. The average molecular weight is 396 g/mol. The molecule has 0 bridgehead atoms. The molecule has 1 saturated carbocycles. The van der Waals surface area contributed by atoms with E-state index in [0.29, 0.717) is 35.3 Å². The van der Waals surface area contributed by atoms with E-state index in [1.54, 1.807) is 24.3 Å². The maximum Gasteiger partial charge on any atom is 0.191 e. The van der Waals surface area contributed by atoms with Crippen molar-refractivity contribution in [2.45, 2.75) is 57.4 Å². The van der Waals surface area contributed by atoms with Crippen molar-refractivity contribution in [1.29, 1.82) is 0 Å². The van der Waals surface area contributed by atoms with Gasteiger partial charge in [0, 0.05) is 18.8 Å². The first-order chi connectivity index (χ1) is 12.7. The van der Waals surface area contributed by atoms with Crippen LogP contribution in [0.5, 0.6) is 5.75 Å². The van der Waals surface area contributed by atoms with Crippen LogP contribution in [0.3, 0.4) is 0 Å². The van der Waals surface area contributed by atoms with Gasteiger partial charge < -0.3 is 15.4 Å². The molecular weight excluding hydrogens is 362 g/mol. The van der Waals surface area contributed by atoms with Gasteiger partial charge in [-0.1, -0.05) is 13.8 Å². The van der Waals surface area contributed by atoms with Crippen LogP contribution in [-0.4, -0.2) is 46.4 Å². The van der Waals surface area contributed by atoms with E-state index in [9.17, 15) is 8.42 Å². The SMILES string of the molecule is CCNC(=NCCOc1ccc(S(C)(=O)=O)cc1)NC1CCC(C)(C)CC1. The molecule has 6 nitrogen and oxygen atoms in total. The fraction of sp³-hybridized carbons (Fsp3) is 0.650. The Kier molecular flexibility index (Phi) is 7.53. The lowest BCUT2D eigenvalue weighted by molar-refractivity contribution is 0.216. The van der Waals surface area contributed by atoms with Crippen LogP contribution in [0.15, 0.2) is 34.2 Å². The van der Waals surface area contributed by atoms with E-state index >= 15 is 0 Å². The van der Waals surface area contributed by atoms with Crippen LogP contribution in [0.2, 0.25) is 0 Å². The fourth-order valence-electron chi connectivity index (χ4n) is 3.16. The summed E-state index contributed by atoms with van der Waals surface area (Å²) in [5.74, 6) is 1.48. The van der Waals surface area contributed by atoms with Gasteiger partial charge in [0.15, 0.2) is 15.8 Å². The highest BCUT2D eigenvalue weighted by Crippen LogP contribution is 2.34. The van der Waals surface area contributed by atoms with Gasteiger partial charge >= 0.3 is 0 Å². The summed E-state index contributed by atoms with van der Waals surface area (Å²) in [5, 5.41) is 6.82. The van der Waals surface area contributed by atoms with Crippen molar-refractivity contribution in [2.24, 2.45) is 10.4 Å². The van der Waals surface area contributed by atoms with Crippen LogP contribution < -0.4 is 15.4 Å². The monoisotopic (exact) mass is 395 g/mol. The number of rotatable bonds is 7. The summed E-state index contributed by atoms with van der Waals surface area (Å²) in [6.07, 6.45) is 5.99. The number of benzene rings is 1. The van der Waals surface area contributed by atoms with Crippen molar-refractivity contribution in [1.82, 2.24) is 10.6 Å². The number of sulfone groups is 1. The van der Waals surface area contributed by atoms with Crippen molar-refractivity contribution in [3.63, 3.8) is 0 Å². The van der Waals surface area contributed by atoms with Gasteiger partial charge in [-0.05, 0) is 62.3 Å². The van der Waals surface area contributed by atoms with E-state index in [4.69, 9.17) is 4.74 Å². The van der Waals surface area contributed by atoms with E-state index < -0.39 is 9.84 Å². The highest BCUT2D eigenvalue weighted by Gasteiger charge is 2.27. The van der Waals surface area contributed by atoms with Crippen molar-refractivity contribution in [3.8, 4) is 5.75 Å². The number of nitrogens with one attached hydrogen (secondary N) is 2. The number of hydrogen-bond donors (Lipinski definition) is 2. The minimum Gasteiger partial charge on any atom is -0.492 e. The molecule has 1 aromatic rings. The molecule has 0 aromatic heterocycles. The second-order valence-electron chi connectivity index (χ2n) is 7.94. The van der Waals surface area contributed by atoms with Crippen LogP contribution in [0.4, 0.5) is 0 Å². The van der Waals surface area contributed by atoms with Crippen LogP contribution in [0, 0.1) is 5.41 Å². The number of ether oxygens (including phenoxy) is 1. The highest BCUT2D eigenvalue weighted by molar-refractivity contribution is 7.90. The van der Waals surface area contributed by atoms with Crippen molar-refractivity contribution in [2.75, 3.05) is 26.0 Å². The molecule has 1 aromatic carbocycles. The summed E-state index contributed by atoms with van der Waals surface area (Å²) in [4.78, 5) is 4.88. The minimum atomic E-state index is -3.18. The molecule has 0 atom stereocenters. The molecule has 0 saturated heterocycles. The molecule has 0 heterocycles. The second-order valence-corrected chi connectivity index (χ2v) is 9.95. The molecule has 1 aliphatic carbocycles. The van der Waals surface area contributed by atoms with Crippen LogP contribution >= 0.6 is 0 Å². The van der Waals surface area contributed by atoms with Gasteiger partial charge in [0.2, 0.25) is 0 Å². The van der Waals surface area contributed by atoms with Gasteiger partial charge in [0.1, 0.15) is 12.4 Å². The molecule has 1 fully saturated rings. The van der Waals surface area contributed by atoms with Gasteiger partial charge in [-0.2, -0.15) is 0 Å². The topological polar surface area (TPSA) is 79.8 Å². The summed E-state index contributed by atoms with van der Waals surface area (Å²) in [5.41, 5.74) is 0.453. The van der Waals surface area contributed by atoms with E-state index in [0.717, 1.165) is 12.5 Å². The lowest BCUT2D eigenvalue weighted by Crippen LogP contribution is -2.45. The third kappa shape index (κ3) is 7.40. The standard InChI is InChI=1S/C20H33N3O3S/c1-5-21-19(23-16-10-12-20(2,3)13-11-16)22-14-15-26-17-6-8-18(9-7-17)27(4,24)25/h6-9,16H,5,10-15H2,1-4H3,(H2,21,22,23). The van der Waals surface area contributed by atoms with Crippen molar-refractivity contribution < 1.29 is 13.2 Å². The zero-order valence-electron chi connectivity index (χ0n) is 16.9. The van der Waals surface area contributed by atoms with Crippen LogP contribution in [0.1, 0.15) is 46.5 Å². The number of nitrogens with zero attached hydrogens (tertiary/aromatic N) is 1. The Morgan fingerprint density at radius 2 is 1.85 bits per heavy atom. The van der Waals surface area contributed by atoms with Crippen LogP contribution in [0.25, 0.3) is 0 Å². The normalized spacial score (nSPS) is 18.1. The maximum atomic E-state index is 11.5. The Hall–Kier alpha value is -1.76. The maximum absolute atomic E-state index is 11.5. The Balaban J connectivity index is 1.81. The van der Waals surface area contributed by atoms with Crippen molar-refractivity contribution in [3.05, 3.63) is 24.3 Å². The number of aliphatic imine (C=N–C) groups is 1. The van der Waals surface area contributed by atoms with E-state index in [-0.39, 0.29) is 0 Å². The first-order valence-electron chi connectivity index (χ1n) is 9.67. The average Bonchev–Trinajstić information content (AvgIpc) is 2.60. The summed E-state index contributed by atoms with van der Waals surface area (Å²) >= 11 is 0. The predicted molar refractivity (Wildman–Crippen MR) is 110 cm³/mol. The molecule has 152 valence electrons. The zero-order chi connectivity index (χ0) is 19.9. The first-order valence-corrected chi connectivity index (χ1v) is 11.6. The molecule has 0 spiro atoms. The zero-order valence-corrected chi connectivity index (χ0v) is 17.7. The number of hydrogen-bond acceptors (Lipinski definition) is 4. The van der Waals surface area contributed by atoms with Gasteiger partial charge in [0.25, 0.3) is 0 Å². The molecule has 2 N–H and O–H groups in total. The quantitative estimate of drug-likeness (QED) is 0.421. The Bertz CT molecular complexity index is 717. The molecule has 0 unspecified atom stereocenters. The largest absolute Gasteiger partial charge is 0.492 e. The molecule has 7 heteroatoms. The van der Waals surface area contributed by atoms with Gasteiger partial charge in [-0.15, -0.1) is 0 Å². The molecule has 27 heavy (non-hydrogen) atoms. The third-order valence-electron chi connectivity index (χ3n) is 4.91. The van der Waals surface area contributed by atoms with E-state index in [1.807, 2.05) is 0 Å². The Labute approximate surface area is 163 Å². The summed E-state index contributed by atoms with van der Waals surface area (Å²) in [6.45, 7) is 8.51. The Morgan fingerprint density at radius 3 is 2.41 bits per heavy atom. The van der Waals surface area contributed by atoms with E-state index in [2.05, 4.69) is 36.4 Å². The molecule has 0 aliphatic heterocycles. The summed E-state index contributed by atoms with van der Waals surface area (Å²) < 4.78 is 28.6. The molecule has 0 radical (unpaired) electrons. The molecular formula is C20H33N3O3S. The number of guanidine groups is 1. The lowest BCUT2D eigenvalue weighted by Gasteiger charge is -2.35. The highest BCUT2D eigenvalue weighted by atomic mass is 32.2. The lowest BCUT2D eigenvalue weighted by atomic mass is 9.75. The summed E-state index contributed by atoms with van der Waals surface area (Å²) in [6, 6.07) is 6.94. The van der Waals surface area contributed by atoms with Crippen molar-refractivity contribution >= 4 is 15.8 Å².